The maximum absolute atomic E-state index is 12.9. The SMILES string of the molecule is Cc1ccc(N2C[C@H](C(=O)N3CCC[C@@H](C(F)(F)F)C3)CC2=O)cc1. The first-order valence-corrected chi connectivity index (χ1v) is 8.48. The number of anilines is 1. The van der Waals surface area contributed by atoms with E-state index in [0.29, 0.717) is 13.0 Å². The molecule has 1 aromatic rings. The fourth-order valence-corrected chi connectivity index (χ4v) is 3.55. The molecule has 2 aliphatic rings. The molecule has 0 unspecified atom stereocenters. The molecule has 0 spiro atoms. The number of nitrogens with zero attached hydrogens (tertiary/aromatic N) is 2. The maximum atomic E-state index is 12.9. The molecule has 0 aromatic heterocycles. The molecule has 2 amide bonds. The van der Waals surface area contributed by atoms with Crippen LogP contribution in [0.1, 0.15) is 24.8 Å². The number of carbonyl (C=O) groups excluding carboxylic acids is 2. The lowest BCUT2D eigenvalue weighted by molar-refractivity contribution is -0.188. The van der Waals surface area contributed by atoms with Crippen molar-refractivity contribution in [1.29, 1.82) is 0 Å². The highest BCUT2D eigenvalue weighted by atomic mass is 19.4. The van der Waals surface area contributed by atoms with E-state index in [-0.39, 0.29) is 37.7 Å². The van der Waals surface area contributed by atoms with E-state index in [1.807, 2.05) is 31.2 Å². The Bertz CT molecular complexity index is 657. The highest BCUT2D eigenvalue weighted by Crippen LogP contribution is 2.34. The number of benzene rings is 1. The summed E-state index contributed by atoms with van der Waals surface area (Å²) in [4.78, 5) is 27.7. The maximum Gasteiger partial charge on any atom is 0.393 e. The third-order valence-electron chi connectivity index (χ3n) is 5.02. The second-order valence-corrected chi connectivity index (χ2v) is 6.91. The first-order chi connectivity index (χ1) is 11.8. The molecule has 0 radical (unpaired) electrons. The van der Waals surface area contributed by atoms with Gasteiger partial charge in [0.25, 0.3) is 0 Å². The van der Waals surface area contributed by atoms with Crippen molar-refractivity contribution in [2.75, 3.05) is 24.5 Å². The molecule has 0 N–H and O–H groups in total. The predicted molar refractivity (Wildman–Crippen MR) is 87.0 cm³/mol. The highest BCUT2D eigenvalue weighted by Gasteiger charge is 2.44. The van der Waals surface area contributed by atoms with Crippen molar-refractivity contribution < 1.29 is 22.8 Å². The Hall–Kier alpha value is -2.05. The van der Waals surface area contributed by atoms with Crippen LogP contribution in [0.3, 0.4) is 0 Å². The minimum absolute atomic E-state index is 0.0555. The van der Waals surface area contributed by atoms with Gasteiger partial charge in [-0.15, -0.1) is 0 Å². The van der Waals surface area contributed by atoms with Crippen molar-refractivity contribution in [2.24, 2.45) is 11.8 Å². The van der Waals surface area contributed by atoms with Crippen molar-refractivity contribution >= 4 is 17.5 Å². The summed E-state index contributed by atoms with van der Waals surface area (Å²) in [6.07, 6.45) is -3.82. The fourth-order valence-electron chi connectivity index (χ4n) is 3.55. The zero-order chi connectivity index (χ0) is 18.2. The minimum atomic E-state index is -4.28. The lowest BCUT2D eigenvalue weighted by Crippen LogP contribution is -2.47. The summed E-state index contributed by atoms with van der Waals surface area (Å²) >= 11 is 0. The van der Waals surface area contributed by atoms with Crippen LogP contribution in [0.2, 0.25) is 0 Å². The van der Waals surface area contributed by atoms with E-state index in [4.69, 9.17) is 0 Å². The first-order valence-electron chi connectivity index (χ1n) is 8.48. The van der Waals surface area contributed by atoms with Gasteiger partial charge in [0, 0.05) is 31.7 Å². The Labute approximate surface area is 144 Å². The van der Waals surface area contributed by atoms with Crippen molar-refractivity contribution in [3.63, 3.8) is 0 Å². The number of aryl methyl sites for hydroxylation is 1. The van der Waals surface area contributed by atoms with E-state index in [0.717, 1.165) is 11.3 Å². The molecule has 2 atom stereocenters. The van der Waals surface area contributed by atoms with Crippen LogP contribution in [0, 0.1) is 18.8 Å². The number of likely N-dealkylation sites (tertiary alicyclic amines) is 1. The van der Waals surface area contributed by atoms with Crippen molar-refractivity contribution in [2.45, 2.75) is 32.4 Å². The van der Waals surface area contributed by atoms with E-state index >= 15 is 0 Å². The van der Waals surface area contributed by atoms with Gasteiger partial charge in [0.15, 0.2) is 0 Å². The quantitative estimate of drug-likeness (QED) is 0.819. The van der Waals surface area contributed by atoms with E-state index in [2.05, 4.69) is 0 Å². The van der Waals surface area contributed by atoms with Gasteiger partial charge in [-0.1, -0.05) is 17.7 Å². The molecule has 7 heteroatoms. The van der Waals surface area contributed by atoms with Gasteiger partial charge in [0.05, 0.1) is 11.8 Å². The zero-order valence-corrected chi connectivity index (χ0v) is 14.1. The largest absolute Gasteiger partial charge is 0.393 e. The van der Waals surface area contributed by atoms with Gasteiger partial charge in [-0.25, -0.2) is 0 Å². The number of hydrogen-bond donors (Lipinski definition) is 0. The summed E-state index contributed by atoms with van der Waals surface area (Å²) < 4.78 is 38.8. The number of alkyl halides is 3. The molecule has 0 saturated carbocycles. The molecule has 3 rings (SSSR count). The first kappa shape index (κ1) is 17.8. The lowest BCUT2D eigenvalue weighted by Gasteiger charge is -2.35. The van der Waals surface area contributed by atoms with Crippen LogP contribution >= 0.6 is 0 Å². The van der Waals surface area contributed by atoms with Gasteiger partial charge >= 0.3 is 6.18 Å². The van der Waals surface area contributed by atoms with Crippen LogP contribution in [-0.4, -0.2) is 42.5 Å². The summed E-state index contributed by atoms with van der Waals surface area (Å²) in [5, 5.41) is 0. The Morgan fingerprint density at radius 1 is 1.16 bits per heavy atom. The molecule has 2 fully saturated rings. The Balaban J connectivity index is 1.67. The van der Waals surface area contributed by atoms with Crippen molar-refractivity contribution in [1.82, 2.24) is 4.90 Å². The normalized spacial score (nSPS) is 24.7. The lowest BCUT2D eigenvalue weighted by atomic mass is 9.96. The zero-order valence-electron chi connectivity index (χ0n) is 14.1. The molecule has 1 aromatic carbocycles. The van der Waals surface area contributed by atoms with Crippen LogP contribution in [-0.2, 0) is 9.59 Å². The summed E-state index contributed by atoms with van der Waals surface area (Å²) in [6.45, 7) is 2.21. The Kier molecular flexibility index (Phi) is 4.75. The van der Waals surface area contributed by atoms with Gasteiger partial charge in [-0.05, 0) is 31.9 Å². The van der Waals surface area contributed by atoms with E-state index in [1.54, 1.807) is 4.90 Å². The molecular weight excluding hydrogens is 333 g/mol. The second kappa shape index (κ2) is 6.69. The summed E-state index contributed by atoms with van der Waals surface area (Å²) in [5.74, 6) is -2.53. The third kappa shape index (κ3) is 3.80. The number of rotatable bonds is 2. The Morgan fingerprint density at radius 3 is 2.48 bits per heavy atom. The number of hydrogen-bond acceptors (Lipinski definition) is 2. The monoisotopic (exact) mass is 354 g/mol. The number of halogens is 3. The van der Waals surface area contributed by atoms with E-state index in [1.165, 1.54) is 4.90 Å². The molecule has 25 heavy (non-hydrogen) atoms. The van der Waals surface area contributed by atoms with Gasteiger partial charge in [0.1, 0.15) is 0 Å². The van der Waals surface area contributed by atoms with Crippen molar-refractivity contribution in [3.8, 4) is 0 Å². The smallest absolute Gasteiger partial charge is 0.342 e. The molecule has 2 heterocycles. The van der Waals surface area contributed by atoms with Gasteiger partial charge in [0.2, 0.25) is 11.8 Å². The summed E-state index contributed by atoms with van der Waals surface area (Å²) in [5.41, 5.74) is 1.78. The van der Waals surface area contributed by atoms with Crippen molar-refractivity contribution in [3.05, 3.63) is 29.8 Å². The average molecular weight is 354 g/mol. The minimum Gasteiger partial charge on any atom is -0.342 e. The predicted octanol–water partition coefficient (Wildman–Crippen LogP) is 3.15. The molecule has 136 valence electrons. The number of piperidine rings is 1. The van der Waals surface area contributed by atoms with Gasteiger partial charge in [-0.3, -0.25) is 9.59 Å². The van der Waals surface area contributed by atoms with Crippen LogP contribution < -0.4 is 4.90 Å². The van der Waals surface area contributed by atoms with Crippen LogP contribution in [0.15, 0.2) is 24.3 Å². The average Bonchev–Trinajstić information content (AvgIpc) is 2.96. The fraction of sp³-hybridized carbons (Fsp3) is 0.556. The third-order valence-corrected chi connectivity index (χ3v) is 5.02. The second-order valence-electron chi connectivity index (χ2n) is 6.91. The van der Waals surface area contributed by atoms with Gasteiger partial charge in [-0.2, -0.15) is 13.2 Å². The molecule has 2 saturated heterocycles. The molecule has 2 aliphatic heterocycles. The van der Waals surface area contributed by atoms with Crippen LogP contribution in [0.5, 0.6) is 0 Å². The molecule has 0 bridgehead atoms. The standard InChI is InChI=1S/C18H21F3N2O2/c1-12-4-6-15(7-5-12)23-10-13(9-16(23)24)17(25)22-8-2-3-14(11-22)18(19,20)21/h4-7,13-14H,2-3,8-11H2,1H3/t13-,14-/m1/s1. The van der Waals surface area contributed by atoms with Crippen LogP contribution in [0.4, 0.5) is 18.9 Å². The highest BCUT2D eigenvalue weighted by molar-refractivity contribution is 6.00. The summed E-state index contributed by atoms with van der Waals surface area (Å²) in [7, 11) is 0. The van der Waals surface area contributed by atoms with E-state index in [9.17, 15) is 22.8 Å². The van der Waals surface area contributed by atoms with E-state index < -0.39 is 18.0 Å². The molecule has 0 aliphatic carbocycles. The molecular formula is C18H21F3N2O2. The van der Waals surface area contributed by atoms with Gasteiger partial charge < -0.3 is 9.80 Å². The Morgan fingerprint density at radius 2 is 1.84 bits per heavy atom. The number of amides is 2. The summed E-state index contributed by atoms with van der Waals surface area (Å²) in [6, 6.07) is 7.41. The molecule has 4 nitrogen and oxygen atoms in total. The topological polar surface area (TPSA) is 40.6 Å². The van der Waals surface area contributed by atoms with Crippen LogP contribution in [0.25, 0.3) is 0 Å². The number of carbonyl (C=O) groups is 2.